The topological polar surface area (TPSA) is 105 Å². The lowest BCUT2D eigenvalue weighted by atomic mass is 10.1. The Morgan fingerprint density at radius 1 is 1.05 bits per heavy atom. The summed E-state index contributed by atoms with van der Waals surface area (Å²) < 4.78 is 37.3. The Bertz CT molecular complexity index is 1220. The lowest BCUT2D eigenvalue weighted by Crippen LogP contribution is -2.53. The smallest absolute Gasteiger partial charge is 0.244 e. The first-order chi connectivity index (χ1) is 17.3. The maximum atomic E-state index is 13.8. The monoisotopic (exact) mass is 573 g/mol. The van der Waals surface area contributed by atoms with E-state index in [1.165, 1.54) is 25.2 Å². The zero-order chi connectivity index (χ0) is 27.9. The van der Waals surface area contributed by atoms with Gasteiger partial charge >= 0.3 is 0 Å². The first-order valence-electron chi connectivity index (χ1n) is 11.6. The van der Waals surface area contributed by atoms with Crippen molar-refractivity contribution >= 4 is 50.7 Å². The second-order valence-corrected chi connectivity index (χ2v) is 11.4. The first-order valence-corrected chi connectivity index (χ1v) is 14.2. The Morgan fingerprint density at radius 3 is 2.24 bits per heavy atom. The molecule has 0 aromatic heterocycles. The molecule has 1 N–H and O–H groups in total. The van der Waals surface area contributed by atoms with Gasteiger partial charge in [-0.05, 0) is 50.1 Å². The van der Waals surface area contributed by atoms with Gasteiger partial charge in [-0.15, -0.1) is 0 Å². The van der Waals surface area contributed by atoms with Crippen LogP contribution in [0.25, 0.3) is 0 Å². The fourth-order valence-corrected chi connectivity index (χ4v) is 5.03. The van der Waals surface area contributed by atoms with Gasteiger partial charge in [-0.25, -0.2) is 8.42 Å². The molecule has 2 amide bonds. The zero-order valence-corrected chi connectivity index (χ0v) is 24.1. The summed E-state index contributed by atoms with van der Waals surface area (Å²) in [4.78, 5) is 28.2. The third-order valence-corrected chi connectivity index (χ3v) is 7.22. The minimum Gasteiger partial charge on any atom is -0.497 e. The maximum Gasteiger partial charge on any atom is 0.244 e. The van der Waals surface area contributed by atoms with Gasteiger partial charge in [0.25, 0.3) is 0 Å². The van der Waals surface area contributed by atoms with Crippen molar-refractivity contribution in [1.29, 1.82) is 0 Å². The summed E-state index contributed by atoms with van der Waals surface area (Å²) in [6.45, 7) is 4.78. The van der Waals surface area contributed by atoms with Crippen LogP contribution >= 0.6 is 23.2 Å². The molecule has 1 atom stereocenters. The van der Waals surface area contributed by atoms with Crippen molar-refractivity contribution in [3.63, 3.8) is 0 Å². The molecule has 0 heterocycles. The number of hydrogen-bond donors (Lipinski definition) is 1. The van der Waals surface area contributed by atoms with Gasteiger partial charge in [0.15, 0.2) is 0 Å². The van der Waals surface area contributed by atoms with Crippen molar-refractivity contribution in [2.75, 3.05) is 31.3 Å². The number of ether oxygens (including phenoxy) is 2. The van der Waals surface area contributed by atoms with Crippen LogP contribution in [0.15, 0.2) is 36.4 Å². The van der Waals surface area contributed by atoms with Gasteiger partial charge in [-0.1, -0.05) is 36.2 Å². The first kappa shape index (κ1) is 30.5. The molecule has 0 spiro atoms. The van der Waals surface area contributed by atoms with Crippen molar-refractivity contribution in [1.82, 2.24) is 10.2 Å². The summed E-state index contributed by atoms with van der Waals surface area (Å²) in [6, 6.07) is 8.43. The highest BCUT2D eigenvalue weighted by molar-refractivity contribution is 7.92. The highest BCUT2D eigenvalue weighted by Gasteiger charge is 2.33. The highest BCUT2D eigenvalue weighted by Crippen LogP contribution is 2.34. The van der Waals surface area contributed by atoms with Crippen LogP contribution in [0.5, 0.6) is 11.5 Å². The molecule has 2 aromatic carbocycles. The summed E-state index contributed by atoms with van der Waals surface area (Å²) in [5.41, 5.74) is 0.682. The Hall–Kier alpha value is -2.69. The van der Waals surface area contributed by atoms with Crippen LogP contribution in [0, 0.1) is 0 Å². The molecule has 2 aromatic rings. The van der Waals surface area contributed by atoms with Crippen LogP contribution in [0.1, 0.15) is 32.8 Å². The van der Waals surface area contributed by atoms with E-state index >= 15 is 0 Å². The van der Waals surface area contributed by atoms with Crippen molar-refractivity contribution in [2.45, 2.75) is 45.8 Å². The number of anilines is 1. The Labute approximate surface area is 228 Å². The van der Waals surface area contributed by atoms with E-state index in [1.54, 1.807) is 37.3 Å². The number of carbonyl (C=O) groups is 2. The van der Waals surface area contributed by atoms with Gasteiger partial charge in [0, 0.05) is 28.7 Å². The van der Waals surface area contributed by atoms with Crippen LogP contribution < -0.4 is 19.1 Å². The number of nitrogens with one attached hydrogen (secondary N) is 1. The molecule has 0 aliphatic rings. The van der Waals surface area contributed by atoms with Crippen molar-refractivity contribution in [3.8, 4) is 11.5 Å². The number of benzene rings is 2. The summed E-state index contributed by atoms with van der Waals surface area (Å²) in [7, 11) is -1.12. The molecule has 1 unspecified atom stereocenters. The molecule has 0 radical (unpaired) electrons. The van der Waals surface area contributed by atoms with Crippen LogP contribution in [-0.4, -0.2) is 64.2 Å². The number of hydrogen-bond acceptors (Lipinski definition) is 6. The summed E-state index contributed by atoms with van der Waals surface area (Å²) in [5, 5.41) is 3.57. The average molecular weight is 575 g/mol. The van der Waals surface area contributed by atoms with E-state index in [2.05, 4.69) is 5.32 Å². The Balaban J connectivity index is 2.57. The van der Waals surface area contributed by atoms with E-state index in [0.29, 0.717) is 21.4 Å². The molecule has 0 saturated carbocycles. The number of rotatable bonds is 12. The number of methoxy groups -OCH3 is 2. The second-order valence-electron chi connectivity index (χ2n) is 8.65. The van der Waals surface area contributed by atoms with Gasteiger partial charge < -0.3 is 19.7 Å². The van der Waals surface area contributed by atoms with Crippen molar-refractivity contribution < 1.29 is 27.5 Å². The van der Waals surface area contributed by atoms with Gasteiger partial charge in [0.1, 0.15) is 24.1 Å². The number of nitrogens with zero attached hydrogens (tertiary/aromatic N) is 2. The van der Waals surface area contributed by atoms with Crippen molar-refractivity contribution in [3.05, 3.63) is 52.0 Å². The van der Waals surface area contributed by atoms with E-state index in [4.69, 9.17) is 32.7 Å². The zero-order valence-electron chi connectivity index (χ0n) is 21.7. The highest BCUT2D eigenvalue weighted by atomic mass is 35.5. The predicted octanol–water partition coefficient (Wildman–Crippen LogP) is 4.11. The fourth-order valence-electron chi connectivity index (χ4n) is 3.72. The van der Waals surface area contributed by atoms with Gasteiger partial charge in [-0.3, -0.25) is 13.9 Å². The van der Waals surface area contributed by atoms with Crippen LogP contribution in [-0.2, 0) is 26.2 Å². The SMILES string of the molecule is CCC(C(=O)NC(C)C)N(Cc1ccc(Cl)cc1Cl)C(=O)CN(c1cc(OC)ccc1OC)S(C)(=O)=O. The van der Waals surface area contributed by atoms with Crippen LogP contribution in [0.2, 0.25) is 10.0 Å². The molecule has 37 heavy (non-hydrogen) atoms. The van der Waals surface area contributed by atoms with E-state index in [-0.39, 0.29) is 36.4 Å². The van der Waals surface area contributed by atoms with E-state index < -0.39 is 28.5 Å². The molecule has 9 nitrogen and oxygen atoms in total. The summed E-state index contributed by atoms with van der Waals surface area (Å²) in [5.74, 6) is -0.353. The quantitative estimate of drug-likeness (QED) is 0.409. The largest absolute Gasteiger partial charge is 0.497 e. The number of amides is 2. The minimum absolute atomic E-state index is 0.0360. The Kier molecular flexibility index (Phi) is 10.9. The van der Waals surface area contributed by atoms with Crippen LogP contribution in [0.4, 0.5) is 5.69 Å². The maximum absolute atomic E-state index is 13.8. The van der Waals surface area contributed by atoms with Gasteiger partial charge in [0.05, 0.1) is 26.2 Å². The average Bonchev–Trinajstić information content (AvgIpc) is 2.81. The van der Waals surface area contributed by atoms with Gasteiger partial charge in [0.2, 0.25) is 21.8 Å². The normalized spacial score (nSPS) is 12.1. The molecule has 0 aliphatic carbocycles. The summed E-state index contributed by atoms with van der Waals surface area (Å²) in [6.07, 6.45) is 1.28. The van der Waals surface area contributed by atoms with E-state index in [9.17, 15) is 18.0 Å². The molecule has 0 bridgehead atoms. The minimum atomic E-state index is -3.96. The second kappa shape index (κ2) is 13.2. The van der Waals surface area contributed by atoms with Crippen molar-refractivity contribution in [2.24, 2.45) is 0 Å². The molecular formula is C25H33Cl2N3O6S. The lowest BCUT2D eigenvalue weighted by molar-refractivity contribution is -0.140. The Morgan fingerprint density at radius 2 is 1.73 bits per heavy atom. The van der Waals surface area contributed by atoms with Gasteiger partial charge in [-0.2, -0.15) is 0 Å². The van der Waals surface area contributed by atoms with Crippen LogP contribution in [0.3, 0.4) is 0 Å². The predicted molar refractivity (Wildman–Crippen MR) is 146 cm³/mol. The third kappa shape index (κ3) is 8.15. The number of halogens is 2. The molecule has 12 heteroatoms. The van der Waals surface area contributed by atoms with E-state index in [1.807, 2.05) is 13.8 Å². The number of carbonyl (C=O) groups excluding carboxylic acids is 2. The number of sulfonamides is 1. The lowest BCUT2D eigenvalue weighted by Gasteiger charge is -2.33. The summed E-state index contributed by atoms with van der Waals surface area (Å²) >= 11 is 12.4. The molecular weight excluding hydrogens is 541 g/mol. The van der Waals surface area contributed by atoms with E-state index in [0.717, 1.165) is 10.6 Å². The third-order valence-electron chi connectivity index (χ3n) is 5.51. The molecule has 0 saturated heterocycles. The molecule has 0 aliphatic heterocycles. The molecule has 204 valence electrons. The fraction of sp³-hybridized carbons (Fsp3) is 0.440. The standard InChI is InChI=1S/C25H33Cl2N3O6S/c1-7-21(25(32)28-16(2)3)29(14-17-8-9-18(26)12-20(17)27)24(31)15-30(37(6,33)34)22-13-19(35-4)10-11-23(22)36-5/h8-13,16,21H,7,14-15H2,1-6H3,(H,28,32). The molecule has 0 fully saturated rings. The molecule has 2 rings (SSSR count).